The number of nitrogens with one attached hydrogen (secondary N) is 1. The molecule has 88 valence electrons. The Morgan fingerprint density at radius 2 is 2.25 bits per heavy atom. The summed E-state index contributed by atoms with van der Waals surface area (Å²) < 4.78 is 28.0. The van der Waals surface area contributed by atoms with Gasteiger partial charge < -0.3 is 5.32 Å². The zero-order valence-electron chi connectivity index (χ0n) is 8.90. The van der Waals surface area contributed by atoms with Crippen molar-refractivity contribution >= 4 is 15.9 Å². The molecule has 0 aliphatic carbocycles. The van der Waals surface area contributed by atoms with Gasteiger partial charge >= 0.3 is 0 Å². The predicted molar refractivity (Wildman–Crippen MR) is 63.7 cm³/mol. The van der Waals surface area contributed by atoms with Gasteiger partial charge in [0.2, 0.25) is 0 Å². The molecular formula is C12H14BrF2N. The minimum Gasteiger partial charge on any atom is -0.314 e. The molecule has 1 aromatic rings. The van der Waals surface area contributed by atoms with Gasteiger partial charge in [-0.15, -0.1) is 0 Å². The maximum atomic E-state index is 14.4. The summed E-state index contributed by atoms with van der Waals surface area (Å²) in [5.74, 6) is -0.329. The molecule has 0 radical (unpaired) electrons. The molecular weight excluding hydrogens is 276 g/mol. The Bertz CT molecular complexity index is 375. The largest absolute Gasteiger partial charge is 0.314 e. The number of alkyl halides is 1. The van der Waals surface area contributed by atoms with Crippen LogP contribution in [0.4, 0.5) is 8.78 Å². The molecule has 4 heteroatoms. The van der Waals surface area contributed by atoms with Crippen molar-refractivity contribution in [2.75, 3.05) is 13.1 Å². The molecule has 1 aliphatic rings. The Morgan fingerprint density at radius 3 is 2.94 bits per heavy atom. The fraction of sp³-hybridized carbons (Fsp3) is 0.500. The second-order valence-corrected chi connectivity index (χ2v) is 5.11. The predicted octanol–water partition coefficient (Wildman–Crippen LogP) is 3.22. The molecule has 1 saturated heterocycles. The molecule has 0 amide bonds. The minimum atomic E-state index is -1.24. The van der Waals surface area contributed by atoms with Crippen LogP contribution in [0.1, 0.15) is 18.4 Å². The summed E-state index contributed by atoms with van der Waals surface area (Å²) in [5, 5.41) is 3.05. The lowest BCUT2D eigenvalue weighted by Crippen LogP contribution is -2.43. The second-order valence-electron chi connectivity index (χ2n) is 4.32. The molecule has 0 bridgehead atoms. The van der Waals surface area contributed by atoms with Gasteiger partial charge in [-0.3, -0.25) is 0 Å². The summed E-state index contributed by atoms with van der Waals surface area (Å²) in [6.45, 7) is 1.23. The lowest BCUT2D eigenvalue weighted by Gasteiger charge is -2.30. The summed E-state index contributed by atoms with van der Waals surface area (Å²) in [6.07, 6.45) is 1.64. The van der Waals surface area contributed by atoms with Gasteiger partial charge in [-0.05, 0) is 46.9 Å². The highest BCUT2D eigenvalue weighted by Gasteiger charge is 2.32. The van der Waals surface area contributed by atoms with E-state index in [1.165, 1.54) is 6.07 Å². The van der Waals surface area contributed by atoms with E-state index in [1.807, 2.05) is 0 Å². The Labute approximate surface area is 102 Å². The lowest BCUT2D eigenvalue weighted by atomic mass is 9.89. The van der Waals surface area contributed by atoms with Crippen LogP contribution in [0.5, 0.6) is 0 Å². The van der Waals surface area contributed by atoms with Gasteiger partial charge in [0.15, 0.2) is 0 Å². The van der Waals surface area contributed by atoms with Gasteiger partial charge in [0, 0.05) is 13.0 Å². The fourth-order valence-electron chi connectivity index (χ4n) is 2.11. The summed E-state index contributed by atoms with van der Waals surface area (Å²) >= 11 is 3.17. The number of benzene rings is 1. The molecule has 1 fully saturated rings. The topological polar surface area (TPSA) is 12.0 Å². The average Bonchev–Trinajstić information content (AvgIpc) is 2.26. The third-order valence-corrected chi connectivity index (χ3v) is 3.85. The second kappa shape index (κ2) is 4.80. The van der Waals surface area contributed by atoms with Crippen LogP contribution in [0.15, 0.2) is 22.7 Å². The number of hydrogen-bond acceptors (Lipinski definition) is 1. The van der Waals surface area contributed by atoms with Crippen molar-refractivity contribution in [3.05, 3.63) is 34.1 Å². The van der Waals surface area contributed by atoms with Crippen molar-refractivity contribution < 1.29 is 8.78 Å². The van der Waals surface area contributed by atoms with Gasteiger partial charge in [0.1, 0.15) is 11.5 Å². The first-order chi connectivity index (χ1) is 7.61. The Kier molecular flexibility index (Phi) is 3.60. The molecule has 1 atom stereocenters. The number of halogens is 3. The quantitative estimate of drug-likeness (QED) is 0.882. The molecule has 1 nitrogen and oxygen atoms in total. The molecule has 0 saturated carbocycles. The third kappa shape index (κ3) is 2.61. The van der Waals surface area contributed by atoms with Crippen molar-refractivity contribution in [1.29, 1.82) is 0 Å². The first-order valence-electron chi connectivity index (χ1n) is 5.43. The van der Waals surface area contributed by atoms with Gasteiger partial charge in [-0.1, -0.05) is 12.1 Å². The summed E-state index contributed by atoms with van der Waals surface area (Å²) in [4.78, 5) is 0. The molecule has 1 heterocycles. The van der Waals surface area contributed by atoms with E-state index in [9.17, 15) is 8.78 Å². The standard InChI is InChI=1S/C12H14BrF2N/c13-11-9(3-1-4-10(11)14)7-12(15)5-2-6-16-8-12/h1,3-4,16H,2,5-8H2. The summed E-state index contributed by atoms with van der Waals surface area (Å²) in [7, 11) is 0. The zero-order valence-corrected chi connectivity index (χ0v) is 10.5. The first kappa shape index (κ1) is 12.0. The van der Waals surface area contributed by atoms with Crippen LogP contribution < -0.4 is 5.32 Å². The monoisotopic (exact) mass is 289 g/mol. The van der Waals surface area contributed by atoms with Gasteiger partial charge in [-0.2, -0.15) is 0 Å². The normalized spacial score (nSPS) is 25.7. The van der Waals surface area contributed by atoms with Crippen LogP contribution >= 0.6 is 15.9 Å². The van der Waals surface area contributed by atoms with Crippen molar-refractivity contribution in [2.24, 2.45) is 0 Å². The Hall–Kier alpha value is -0.480. The van der Waals surface area contributed by atoms with E-state index in [1.54, 1.807) is 12.1 Å². The minimum absolute atomic E-state index is 0.262. The average molecular weight is 290 g/mol. The maximum absolute atomic E-state index is 14.4. The lowest BCUT2D eigenvalue weighted by molar-refractivity contribution is 0.122. The molecule has 1 N–H and O–H groups in total. The van der Waals surface area contributed by atoms with Crippen LogP contribution in [-0.4, -0.2) is 18.8 Å². The van der Waals surface area contributed by atoms with E-state index in [-0.39, 0.29) is 12.2 Å². The third-order valence-electron chi connectivity index (χ3n) is 2.96. The van der Waals surface area contributed by atoms with Crippen LogP contribution in [-0.2, 0) is 6.42 Å². The Balaban J connectivity index is 2.16. The van der Waals surface area contributed by atoms with E-state index in [0.29, 0.717) is 23.0 Å². The van der Waals surface area contributed by atoms with Gasteiger partial charge in [0.25, 0.3) is 0 Å². The smallest absolute Gasteiger partial charge is 0.137 e. The highest BCUT2D eigenvalue weighted by atomic mass is 79.9. The van der Waals surface area contributed by atoms with E-state index < -0.39 is 5.67 Å². The van der Waals surface area contributed by atoms with Crippen molar-refractivity contribution in [2.45, 2.75) is 24.9 Å². The van der Waals surface area contributed by atoms with Crippen molar-refractivity contribution in [1.82, 2.24) is 5.32 Å². The van der Waals surface area contributed by atoms with Gasteiger partial charge in [0.05, 0.1) is 4.47 Å². The number of piperidine rings is 1. The van der Waals surface area contributed by atoms with Gasteiger partial charge in [-0.25, -0.2) is 8.78 Å². The Morgan fingerprint density at radius 1 is 1.44 bits per heavy atom. The van der Waals surface area contributed by atoms with Crippen LogP contribution in [0.3, 0.4) is 0 Å². The molecule has 1 aromatic carbocycles. The van der Waals surface area contributed by atoms with E-state index >= 15 is 0 Å². The molecule has 2 rings (SSSR count). The highest BCUT2D eigenvalue weighted by Crippen LogP contribution is 2.30. The number of rotatable bonds is 2. The van der Waals surface area contributed by atoms with Crippen molar-refractivity contribution in [3.8, 4) is 0 Å². The highest BCUT2D eigenvalue weighted by molar-refractivity contribution is 9.10. The van der Waals surface area contributed by atoms with E-state index in [0.717, 1.165) is 13.0 Å². The summed E-state index contributed by atoms with van der Waals surface area (Å²) in [5.41, 5.74) is -0.541. The van der Waals surface area contributed by atoms with Crippen molar-refractivity contribution in [3.63, 3.8) is 0 Å². The first-order valence-corrected chi connectivity index (χ1v) is 6.23. The zero-order chi connectivity index (χ0) is 11.6. The molecule has 0 spiro atoms. The molecule has 16 heavy (non-hydrogen) atoms. The number of hydrogen-bond donors (Lipinski definition) is 1. The van der Waals surface area contributed by atoms with Crippen LogP contribution in [0, 0.1) is 5.82 Å². The van der Waals surface area contributed by atoms with E-state index in [2.05, 4.69) is 21.2 Å². The summed E-state index contributed by atoms with van der Waals surface area (Å²) in [6, 6.07) is 4.76. The van der Waals surface area contributed by atoms with Crippen LogP contribution in [0.25, 0.3) is 0 Å². The van der Waals surface area contributed by atoms with Crippen LogP contribution in [0.2, 0.25) is 0 Å². The van der Waals surface area contributed by atoms with E-state index in [4.69, 9.17) is 0 Å². The maximum Gasteiger partial charge on any atom is 0.137 e. The fourth-order valence-corrected chi connectivity index (χ4v) is 2.51. The molecule has 0 aromatic heterocycles. The molecule has 1 unspecified atom stereocenters. The molecule has 1 aliphatic heterocycles. The SMILES string of the molecule is Fc1cccc(CC2(F)CCCNC2)c1Br.